The fourth-order valence-electron chi connectivity index (χ4n) is 2.26. The van der Waals surface area contributed by atoms with Crippen molar-refractivity contribution in [2.75, 3.05) is 0 Å². The Bertz CT molecular complexity index is 438. The van der Waals surface area contributed by atoms with E-state index in [0.717, 1.165) is 31.4 Å². The lowest BCUT2D eigenvalue weighted by molar-refractivity contribution is -0.137. The lowest BCUT2D eigenvalue weighted by Gasteiger charge is -2.08. The normalized spacial score (nSPS) is 11.6. The molecular formula is C17H23F3O. The minimum atomic E-state index is -4.39. The van der Waals surface area contributed by atoms with Gasteiger partial charge < -0.3 is 0 Å². The number of carbonyl (C=O) groups excluding carboxylic acids is 1. The highest BCUT2D eigenvalue weighted by Crippen LogP contribution is 2.29. The molecule has 0 bridgehead atoms. The first kappa shape index (κ1) is 17.7. The maximum atomic E-state index is 12.6. The predicted molar refractivity (Wildman–Crippen MR) is 78.4 cm³/mol. The number of unbranched alkanes of at least 4 members (excludes halogenated alkanes) is 6. The number of Topliss-reactive ketones (excluding diaryl/α,β-unsaturated/α-hetero) is 1. The Balaban J connectivity index is 2.36. The summed E-state index contributed by atoms with van der Waals surface area (Å²) in [6.45, 7) is 2.16. The molecule has 0 fully saturated rings. The monoisotopic (exact) mass is 300 g/mol. The standard InChI is InChI=1S/C17H23F3O/c1-2-3-4-5-6-7-8-12-16(21)14-10-9-11-15(13-14)17(18,19)20/h9-11,13H,2-8,12H2,1H3. The highest BCUT2D eigenvalue weighted by molar-refractivity contribution is 5.96. The average molecular weight is 300 g/mol. The second-order valence-corrected chi connectivity index (χ2v) is 5.37. The number of rotatable bonds is 9. The Hall–Kier alpha value is -1.32. The van der Waals surface area contributed by atoms with E-state index < -0.39 is 11.7 Å². The third-order valence-corrected chi connectivity index (χ3v) is 3.52. The third-order valence-electron chi connectivity index (χ3n) is 3.52. The minimum absolute atomic E-state index is 0.163. The number of hydrogen-bond donors (Lipinski definition) is 0. The molecule has 0 aromatic heterocycles. The molecule has 1 aromatic rings. The Kier molecular flexibility index (Phi) is 7.48. The summed E-state index contributed by atoms with van der Waals surface area (Å²) in [4.78, 5) is 11.9. The summed E-state index contributed by atoms with van der Waals surface area (Å²) in [6, 6.07) is 4.69. The summed E-state index contributed by atoms with van der Waals surface area (Å²) < 4.78 is 37.7. The van der Waals surface area contributed by atoms with Crippen LogP contribution < -0.4 is 0 Å². The van der Waals surface area contributed by atoms with Gasteiger partial charge in [-0.25, -0.2) is 0 Å². The number of alkyl halides is 3. The lowest BCUT2D eigenvalue weighted by Crippen LogP contribution is -2.07. The van der Waals surface area contributed by atoms with Crippen LogP contribution in [0.5, 0.6) is 0 Å². The average Bonchev–Trinajstić information content (AvgIpc) is 2.45. The molecule has 118 valence electrons. The molecule has 0 aliphatic rings. The van der Waals surface area contributed by atoms with Gasteiger partial charge in [0.05, 0.1) is 5.56 Å². The van der Waals surface area contributed by atoms with E-state index >= 15 is 0 Å². The van der Waals surface area contributed by atoms with E-state index in [1.165, 1.54) is 37.8 Å². The second kappa shape index (κ2) is 8.85. The van der Waals surface area contributed by atoms with Gasteiger partial charge in [0.2, 0.25) is 0 Å². The first-order valence-corrected chi connectivity index (χ1v) is 7.65. The van der Waals surface area contributed by atoms with Crippen molar-refractivity contribution in [1.82, 2.24) is 0 Å². The van der Waals surface area contributed by atoms with Gasteiger partial charge in [-0.15, -0.1) is 0 Å². The van der Waals surface area contributed by atoms with Gasteiger partial charge >= 0.3 is 6.18 Å². The largest absolute Gasteiger partial charge is 0.416 e. The number of carbonyl (C=O) groups is 1. The van der Waals surface area contributed by atoms with Crippen molar-refractivity contribution >= 4 is 5.78 Å². The molecule has 1 aromatic carbocycles. The second-order valence-electron chi connectivity index (χ2n) is 5.37. The Morgan fingerprint density at radius 1 is 1.00 bits per heavy atom. The molecule has 0 amide bonds. The van der Waals surface area contributed by atoms with E-state index in [-0.39, 0.29) is 11.3 Å². The summed E-state index contributed by atoms with van der Waals surface area (Å²) in [5.74, 6) is -0.199. The quantitative estimate of drug-likeness (QED) is 0.402. The van der Waals surface area contributed by atoms with Crippen LogP contribution in [0, 0.1) is 0 Å². The van der Waals surface area contributed by atoms with Gasteiger partial charge in [-0.05, 0) is 18.6 Å². The molecule has 0 saturated heterocycles. The van der Waals surface area contributed by atoms with E-state index in [2.05, 4.69) is 6.92 Å². The topological polar surface area (TPSA) is 17.1 Å². The van der Waals surface area contributed by atoms with Crippen molar-refractivity contribution in [3.63, 3.8) is 0 Å². The van der Waals surface area contributed by atoms with Gasteiger partial charge in [0, 0.05) is 12.0 Å². The molecule has 0 atom stereocenters. The van der Waals surface area contributed by atoms with Crippen LogP contribution in [0.1, 0.15) is 74.2 Å². The van der Waals surface area contributed by atoms with Crippen LogP contribution in [-0.2, 0) is 6.18 Å². The lowest BCUT2D eigenvalue weighted by atomic mass is 10.0. The molecule has 21 heavy (non-hydrogen) atoms. The zero-order chi connectivity index (χ0) is 15.7. The van der Waals surface area contributed by atoms with Crippen molar-refractivity contribution in [2.45, 2.75) is 64.5 Å². The minimum Gasteiger partial charge on any atom is -0.294 e. The fourth-order valence-corrected chi connectivity index (χ4v) is 2.26. The highest BCUT2D eigenvalue weighted by Gasteiger charge is 2.30. The highest BCUT2D eigenvalue weighted by atomic mass is 19.4. The van der Waals surface area contributed by atoms with Gasteiger partial charge in [0.15, 0.2) is 5.78 Å². The Morgan fingerprint density at radius 3 is 2.24 bits per heavy atom. The molecule has 0 heterocycles. The summed E-state index contributed by atoms with van der Waals surface area (Å²) in [5, 5.41) is 0. The molecule has 1 nitrogen and oxygen atoms in total. The molecule has 0 saturated carbocycles. The van der Waals surface area contributed by atoms with Crippen molar-refractivity contribution in [1.29, 1.82) is 0 Å². The van der Waals surface area contributed by atoms with Crippen molar-refractivity contribution in [3.8, 4) is 0 Å². The van der Waals surface area contributed by atoms with Crippen LogP contribution in [0.4, 0.5) is 13.2 Å². The SMILES string of the molecule is CCCCCCCCCC(=O)c1cccc(C(F)(F)F)c1. The molecule has 0 aliphatic carbocycles. The molecule has 0 aliphatic heterocycles. The van der Waals surface area contributed by atoms with Crippen LogP contribution in [0.3, 0.4) is 0 Å². The van der Waals surface area contributed by atoms with Crippen LogP contribution in [-0.4, -0.2) is 5.78 Å². The summed E-state index contributed by atoms with van der Waals surface area (Å²) in [5.41, 5.74) is -0.594. The van der Waals surface area contributed by atoms with Crippen LogP contribution in [0.15, 0.2) is 24.3 Å². The number of hydrogen-bond acceptors (Lipinski definition) is 1. The van der Waals surface area contributed by atoms with Crippen molar-refractivity contribution < 1.29 is 18.0 Å². The number of ketones is 1. The number of halogens is 3. The molecule has 0 radical (unpaired) electrons. The van der Waals surface area contributed by atoms with Crippen LogP contribution >= 0.6 is 0 Å². The van der Waals surface area contributed by atoms with E-state index in [4.69, 9.17) is 0 Å². The van der Waals surface area contributed by atoms with Gasteiger partial charge in [0.25, 0.3) is 0 Å². The van der Waals surface area contributed by atoms with Gasteiger partial charge in [-0.3, -0.25) is 4.79 Å². The maximum absolute atomic E-state index is 12.6. The summed E-state index contributed by atoms with van der Waals surface area (Å²) in [6.07, 6.45) is 3.58. The van der Waals surface area contributed by atoms with Crippen molar-refractivity contribution in [3.05, 3.63) is 35.4 Å². The third kappa shape index (κ3) is 6.78. The molecule has 4 heteroatoms. The Labute approximate surface area is 124 Å². The summed E-state index contributed by atoms with van der Waals surface area (Å²) >= 11 is 0. The van der Waals surface area contributed by atoms with Gasteiger partial charge in [-0.1, -0.05) is 57.6 Å². The zero-order valence-corrected chi connectivity index (χ0v) is 12.5. The van der Waals surface area contributed by atoms with Crippen LogP contribution in [0.2, 0.25) is 0 Å². The maximum Gasteiger partial charge on any atom is 0.416 e. The van der Waals surface area contributed by atoms with E-state index in [9.17, 15) is 18.0 Å². The Morgan fingerprint density at radius 2 is 1.62 bits per heavy atom. The van der Waals surface area contributed by atoms with Crippen LogP contribution in [0.25, 0.3) is 0 Å². The first-order valence-electron chi connectivity index (χ1n) is 7.65. The zero-order valence-electron chi connectivity index (χ0n) is 12.5. The molecule has 0 unspecified atom stereocenters. The predicted octanol–water partition coefficient (Wildman–Crippen LogP) is 6.03. The fraction of sp³-hybridized carbons (Fsp3) is 0.588. The summed E-state index contributed by atoms with van der Waals surface area (Å²) in [7, 11) is 0. The smallest absolute Gasteiger partial charge is 0.294 e. The van der Waals surface area contributed by atoms with E-state index in [1.807, 2.05) is 0 Å². The van der Waals surface area contributed by atoms with E-state index in [0.29, 0.717) is 6.42 Å². The molecule has 0 N–H and O–H groups in total. The molecule has 0 spiro atoms. The van der Waals surface area contributed by atoms with Gasteiger partial charge in [-0.2, -0.15) is 13.2 Å². The molecule has 1 rings (SSSR count). The van der Waals surface area contributed by atoms with Crippen molar-refractivity contribution in [2.24, 2.45) is 0 Å². The first-order chi connectivity index (χ1) is 9.95. The van der Waals surface area contributed by atoms with Gasteiger partial charge in [0.1, 0.15) is 0 Å². The number of benzene rings is 1. The van der Waals surface area contributed by atoms with E-state index in [1.54, 1.807) is 0 Å². The molecular weight excluding hydrogens is 277 g/mol.